The number of benzene rings is 4. The summed E-state index contributed by atoms with van der Waals surface area (Å²) in [4.78, 5) is 43.7. The van der Waals surface area contributed by atoms with Crippen molar-refractivity contribution in [3.05, 3.63) is 102 Å². The largest absolute Gasteiger partial charge is 0.494 e. The Morgan fingerprint density at radius 1 is 0.814 bits per heavy atom. The maximum atomic E-state index is 13.9. The monoisotopic (exact) mass is 599 g/mol. The zero-order valence-corrected chi connectivity index (χ0v) is 25.1. The van der Waals surface area contributed by atoms with Crippen molar-refractivity contribution in [1.29, 1.82) is 0 Å². The molecule has 0 fully saturated rings. The van der Waals surface area contributed by atoms with Crippen molar-refractivity contribution in [2.24, 2.45) is 0 Å². The van der Waals surface area contributed by atoms with Gasteiger partial charge in [-0.3, -0.25) is 19.3 Å². The third kappa shape index (κ3) is 5.63. The number of nitrogens with zero attached hydrogens (tertiary/aromatic N) is 3. The Balaban J connectivity index is 1.46. The fourth-order valence-electron chi connectivity index (χ4n) is 5.38. The molecule has 1 heterocycles. The number of anilines is 1. The summed E-state index contributed by atoms with van der Waals surface area (Å²) in [6.45, 7) is 6.43. The summed E-state index contributed by atoms with van der Waals surface area (Å²) in [6, 6.07) is 23.5. The average molecular weight is 600 g/mol. The van der Waals surface area contributed by atoms with E-state index in [2.05, 4.69) is 0 Å². The van der Waals surface area contributed by atoms with Crippen LogP contribution >= 0.6 is 0 Å². The molecule has 5 rings (SSSR count). The number of carbonyl (C=O) groups is 3. The van der Waals surface area contributed by atoms with Crippen molar-refractivity contribution in [2.75, 3.05) is 37.7 Å². The van der Waals surface area contributed by atoms with Crippen LogP contribution in [0.5, 0.6) is 5.75 Å². The summed E-state index contributed by atoms with van der Waals surface area (Å²) < 4.78 is 32.9. The summed E-state index contributed by atoms with van der Waals surface area (Å²) in [6.07, 6.45) is 0. The SMILES string of the molecule is CCOc1cccc(N(CCN2C(=O)c3cccc4cccc(c34)C2=O)C(=O)c2ccc(S(=O)(=O)N(CC)CC)cc2)c1. The molecule has 9 nitrogen and oxygen atoms in total. The molecule has 222 valence electrons. The van der Waals surface area contributed by atoms with E-state index in [1.165, 1.54) is 38.4 Å². The lowest BCUT2D eigenvalue weighted by Gasteiger charge is -2.30. The Hall–Kier alpha value is -4.54. The van der Waals surface area contributed by atoms with Gasteiger partial charge in [0.2, 0.25) is 10.0 Å². The second-order valence-corrected chi connectivity index (χ2v) is 11.9. The van der Waals surface area contributed by atoms with Crippen molar-refractivity contribution in [3.63, 3.8) is 0 Å². The Kier molecular flexibility index (Phi) is 8.61. The van der Waals surface area contributed by atoms with E-state index in [4.69, 9.17) is 4.74 Å². The molecule has 4 aromatic carbocycles. The van der Waals surface area contributed by atoms with E-state index in [0.29, 0.717) is 47.6 Å². The van der Waals surface area contributed by atoms with Gasteiger partial charge in [-0.15, -0.1) is 0 Å². The first-order chi connectivity index (χ1) is 20.7. The fraction of sp³-hybridized carbons (Fsp3) is 0.242. The molecule has 0 bridgehead atoms. The quantitative estimate of drug-likeness (QED) is 0.219. The molecule has 43 heavy (non-hydrogen) atoms. The zero-order chi connectivity index (χ0) is 30.7. The maximum Gasteiger partial charge on any atom is 0.261 e. The molecule has 0 atom stereocenters. The lowest BCUT2D eigenvalue weighted by atomic mass is 9.94. The van der Waals surface area contributed by atoms with Crippen LogP contribution in [0.4, 0.5) is 5.69 Å². The number of imide groups is 1. The summed E-state index contributed by atoms with van der Waals surface area (Å²) in [5.41, 5.74) is 1.64. The third-order valence-corrected chi connectivity index (χ3v) is 9.60. The molecule has 0 unspecified atom stereocenters. The third-order valence-electron chi connectivity index (χ3n) is 7.53. The highest BCUT2D eigenvalue weighted by atomic mass is 32.2. The van der Waals surface area contributed by atoms with Crippen molar-refractivity contribution in [3.8, 4) is 5.75 Å². The molecule has 0 saturated heterocycles. The molecule has 0 spiro atoms. The van der Waals surface area contributed by atoms with E-state index in [9.17, 15) is 22.8 Å². The van der Waals surface area contributed by atoms with Gasteiger partial charge in [0.05, 0.1) is 11.5 Å². The number of hydrogen-bond donors (Lipinski definition) is 0. The molecular weight excluding hydrogens is 566 g/mol. The van der Waals surface area contributed by atoms with Crippen LogP contribution in [0.15, 0.2) is 89.8 Å². The van der Waals surface area contributed by atoms with Gasteiger partial charge in [-0.25, -0.2) is 8.42 Å². The number of hydrogen-bond acceptors (Lipinski definition) is 6. The number of carbonyl (C=O) groups excluding carboxylic acids is 3. The molecule has 0 aromatic heterocycles. The highest BCUT2D eigenvalue weighted by Crippen LogP contribution is 2.30. The fourth-order valence-corrected chi connectivity index (χ4v) is 6.84. The normalized spacial score (nSPS) is 13.1. The first-order valence-electron chi connectivity index (χ1n) is 14.2. The molecule has 0 N–H and O–H groups in total. The zero-order valence-electron chi connectivity index (χ0n) is 24.3. The molecular formula is C33H33N3O6S. The molecule has 3 amide bonds. The highest BCUT2D eigenvalue weighted by molar-refractivity contribution is 7.89. The van der Waals surface area contributed by atoms with E-state index >= 15 is 0 Å². The summed E-state index contributed by atoms with van der Waals surface area (Å²) >= 11 is 0. The van der Waals surface area contributed by atoms with Gasteiger partial charge in [-0.2, -0.15) is 4.31 Å². The Morgan fingerprint density at radius 2 is 1.42 bits per heavy atom. The first kappa shape index (κ1) is 29.9. The molecule has 1 aliphatic heterocycles. The standard InChI is InChI=1S/C33H33N3O6S/c1-4-34(5-2)43(40,41)27-18-16-24(17-19-27)31(37)35(25-12-9-13-26(22-25)42-6-3)20-21-36-32(38)28-14-7-10-23-11-8-15-29(30(23)28)33(36)39/h7-19,22H,4-6,20-21H2,1-3H3. The Morgan fingerprint density at radius 3 is 2.00 bits per heavy atom. The van der Waals surface area contributed by atoms with E-state index in [0.717, 1.165) is 5.39 Å². The number of amides is 3. The van der Waals surface area contributed by atoms with Crippen LogP contribution in [0.2, 0.25) is 0 Å². The first-order valence-corrected chi connectivity index (χ1v) is 15.7. The number of ether oxygens (including phenoxy) is 1. The van der Waals surface area contributed by atoms with Gasteiger partial charge >= 0.3 is 0 Å². The van der Waals surface area contributed by atoms with Crippen LogP contribution < -0.4 is 9.64 Å². The van der Waals surface area contributed by atoms with Crippen molar-refractivity contribution >= 4 is 44.2 Å². The second kappa shape index (κ2) is 12.4. The molecule has 0 saturated carbocycles. The minimum absolute atomic E-state index is 0.00350. The second-order valence-electron chi connectivity index (χ2n) is 9.97. The average Bonchev–Trinajstić information content (AvgIpc) is 3.02. The summed E-state index contributed by atoms with van der Waals surface area (Å²) in [5.74, 6) is -0.699. The number of rotatable bonds is 11. The van der Waals surface area contributed by atoms with Gasteiger partial charge in [-0.05, 0) is 60.8 Å². The summed E-state index contributed by atoms with van der Waals surface area (Å²) in [5, 5.41) is 1.45. The molecule has 4 aromatic rings. The van der Waals surface area contributed by atoms with Gasteiger partial charge < -0.3 is 9.64 Å². The van der Waals surface area contributed by atoms with Crippen molar-refractivity contribution in [2.45, 2.75) is 25.7 Å². The van der Waals surface area contributed by atoms with E-state index in [-0.39, 0.29) is 23.5 Å². The lowest BCUT2D eigenvalue weighted by Crippen LogP contribution is -2.46. The lowest BCUT2D eigenvalue weighted by molar-refractivity contribution is 0.0611. The Labute approximate surface area is 251 Å². The molecule has 1 aliphatic rings. The molecule has 0 radical (unpaired) electrons. The van der Waals surface area contributed by atoms with Crippen LogP contribution in [0.1, 0.15) is 51.8 Å². The molecule has 10 heteroatoms. The van der Waals surface area contributed by atoms with Crippen LogP contribution in [0.25, 0.3) is 10.8 Å². The number of sulfonamides is 1. The Bertz CT molecular complexity index is 1750. The smallest absolute Gasteiger partial charge is 0.261 e. The molecule has 0 aliphatic carbocycles. The van der Waals surface area contributed by atoms with Crippen LogP contribution in [0.3, 0.4) is 0 Å². The predicted molar refractivity (Wildman–Crippen MR) is 165 cm³/mol. The van der Waals surface area contributed by atoms with Crippen molar-refractivity contribution < 1.29 is 27.5 Å². The minimum atomic E-state index is -3.70. The van der Waals surface area contributed by atoms with Crippen LogP contribution in [-0.4, -0.2) is 68.1 Å². The maximum absolute atomic E-state index is 13.9. The highest BCUT2D eigenvalue weighted by Gasteiger charge is 2.33. The van der Waals surface area contributed by atoms with Gasteiger partial charge in [0.1, 0.15) is 5.75 Å². The van der Waals surface area contributed by atoms with E-state index in [1.54, 1.807) is 62.4 Å². The summed E-state index contributed by atoms with van der Waals surface area (Å²) in [7, 11) is -3.70. The van der Waals surface area contributed by atoms with Crippen LogP contribution in [-0.2, 0) is 10.0 Å². The van der Waals surface area contributed by atoms with E-state index in [1.807, 2.05) is 19.1 Å². The van der Waals surface area contributed by atoms with Crippen molar-refractivity contribution in [1.82, 2.24) is 9.21 Å². The minimum Gasteiger partial charge on any atom is -0.494 e. The van der Waals surface area contributed by atoms with Gasteiger partial charge in [0, 0.05) is 60.0 Å². The van der Waals surface area contributed by atoms with Gasteiger partial charge in [0.15, 0.2) is 0 Å². The van der Waals surface area contributed by atoms with Crippen LogP contribution in [0, 0.1) is 0 Å². The van der Waals surface area contributed by atoms with E-state index < -0.39 is 27.7 Å². The predicted octanol–water partition coefficient (Wildman–Crippen LogP) is 5.21. The van der Waals surface area contributed by atoms with Gasteiger partial charge in [-0.1, -0.05) is 44.2 Å². The van der Waals surface area contributed by atoms with Gasteiger partial charge in [0.25, 0.3) is 17.7 Å². The topological polar surface area (TPSA) is 104 Å².